The predicted octanol–water partition coefficient (Wildman–Crippen LogP) is 3.10. The highest BCUT2D eigenvalue weighted by atomic mass is 16.5. The highest BCUT2D eigenvalue weighted by molar-refractivity contribution is 5.38. The van der Waals surface area contributed by atoms with Gasteiger partial charge in [-0.05, 0) is 52.8 Å². The van der Waals surface area contributed by atoms with E-state index in [2.05, 4.69) is 63.6 Å². The van der Waals surface area contributed by atoms with Crippen LogP contribution in [0.1, 0.15) is 28.7 Å². The van der Waals surface area contributed by atoms with E-state index in [-0.39, 0.29) is 0 Å². The summed E-state index contributed by atoms with van der Waals surface area (Å²) in [6.45, 7) is 9.43. The second-order valence-electron chi connectivity index (χ2n) is 10.2. The molecule has 1 spiro atoms. The Labute approximate surface area is 186 Å². The Morgan fingerprint density at radius 3 is 2.58 bits per heavy atom. The molecule has 4 aliphatic rings. The van der Waals surface area contributed by atoms with Crippen molar-refractivity contribution in [3.63, 3.8) is 0 Å². The molecule has 2 aliphatic heterocycles. The van der Waals surface area contributed by atoms with Crippen molar-refractivity contribution in [1.29, 1.82) is 0 Å². The Kier molecular flexibility index (Phi) is 5.35. The third-order valence-electron chi connectivity index (χ3n) is 8.34. The summed E-state index contributed by atoms with van der Waals surface area (Å²) in [6.07, 6.45) is 4.01. The van der Waals surface area contributed by atoms with Crippen molar-refractivity contribution in [2.24, 2.45) is 11.3 Å². The molecule has 0 radical (unpaired) electrons. The van der Waals surface area contributed by atoms with Crippen LogP contribution in [0.5, 0.6) is 0 Å². The fourth-order valence-electron chi connectivity index (χ4n) is 6.45. The molecule has 6 rings (SSSR count). The molecule has 3 fully saturated rings. The van der Waals surface area contributed by atoms with Gasteiger partial charge >= 0.3 is 0 Å². The quantitative estimate of drug-likeness (QED) is 0.701. The van der Waals surface area contributed by atoms with Gasteiger partial charge in [0.2, 0.25) is 0 Å². The highest BCUT2D eigenvalue weighted by Gasteiger charge is 2.66. The van der Waals surface area contributed by atoms with Gasteiger partial charge in [0.15, 0.2) is 0 Å². The lowest BCUT2D eigenvalue weighted by Gasteiger charge is -2.37. The molecule has 0 bridgehead atoms. The van der Waals surface area contributed by atoms with Crippen LogP contribution in [0.2, 0.25) is 0 Å². The fourth-order valence-corrected chi connectivity index (χ4v) is 6.45. The van der Waals surface area contributed by atoms with Crippen molar-refractivity contribution < 1.29 is 4.74 Å². The zero-order valence-electron chi connectivity index (χ0n) is 18.6. The van der Waals surface area contributed by atoms with Gasteiger partial charge in [-0.1, -0.05) is 48.5 Å². The molecule has 4 heteroatoms. The molecule has 4 nitrogen and oxygen atoms in total. The number of benzene rings is 2. The van der Waals surface area contributed by atoms with E-state index in [0.717, 1.165) is 64.4 Å². The minimum absolute atomic E-state index is 0.596. The summed E-state index contributed by atoms with van der Waals surface area (Å²) < 4.78 is 5.42. The fraction of sp³-hybridized carbons (Fsp3) is 0.556. The molecule has 3 atom stereocenters. The SMILES string of the molecule is c1ccc2c(c1)CC1N(Cc3ccc(CNCCN4CCOCC4)cc3)CC3CC31C2. The van der Waals surface area contributed by atoms with Gasteiger partial charge in [0.1, 0.15) is 0 Å². The first-order valence-electron chi connectivity index (χ1n) is 12.2. The van der Waals surface area contributed by atoms with Crippen LogP contribution in [0.25, 0.3) is 0 Å². The van der Waals surface area contributed by atoms with Crippen LogP contribution >= 0.6 is 0 Å². The molecule has 2 aromatic rings. The molecule has 0 amide bonds. The smallest absolute Gasteiger partial charge is 0.0594 e. The number of piperidine rings is 1. The molecule has 0 aromatic heterocycles. The molecule has 2 saturated heterocycles. The highest BCUT2D eigenvalue weighted by Crippen LogP contribution is 2.65. The summed E-state index contributed by atoms with van der Waals surface area (Å²) in [7, 11) is 0. The molecular weight excluding hydrogens is 382 g/mol. The number of nitrogens with zero attached hydrogens (tertiary/aromatic N) is 2. The first kappa shape index (κ1) is 19.9. The topological polar surface area (TPSA) is 27.7 Å². The van der Waals surface area contributed by atoms with Crippen LogP contribution in [-0.4, -0.2) is 61.8 Å². The zero-order chi connectivity index (χ0) is 20.7. The van der Waals surface area contributed by atoms with Gasteiger partial charge in [-0.3, -0.25) is 9.80 Å². The van der Waals surface area contributed by atoms with Crippen molar-refractivity contribution >= 4 is 0 Å². The van der Waals surface area contributed by atoms with Crippen LogP contribution in [0, 0.1) is 11.3 Å². The Balaban J connectivity index is 1.02. The van der Waals surface area contributed by atoms with Gasteiger partial charge in [0, 0.05) is 51.9 Å². The van der Waals surface area contributed by atoms with Gasteiger partial charge in [0.25, 0.3) is 0 Å². The van der Waals surface area contributed by atoms with E-state index in [1.54, 1.807) is 11.1 Å². The van der Waals surface area contributed by atoms with E-state index < -0.39 is 0 Å². The van der Waals surface area contributed by atoms with Crippen molar-refractivity contribution in [1.82, 2.24) is 15.1 Å². The van der Waals surface area contributed by atoms with Gasteiger partial charge in [-0.25, -0.2) is 0 Å². The second kappa shape index (κ2) is 8.32. The molecule has 2 heterocycles. The second-order valence-corrected chi connectivity index (χ2v) is 10.2. The van der Waals surface area contributed by atoms with Crippen LogP contribution in [-0.2, 0) is 30.7 Å². The Bertz CT molecular complexity index is 907. The summed E-state index contributed by atoms with van der Waals surface area (Å²) in [6, 6.07) is 19.3. The van der Waals surface area contributed by atoms with Gasteiger partial charge < -0.3 is 10.1 Å². The monoisotopic (exact) mass is 417 g/mol. The van der Waals surface area contributed by atoms with Gasteiger partial charge in [-0.15, -0.1) is 0 Å². The maximum Gasteiger partial charge on any atom is 0.0594 e. The number of hydrogen-bond donors (Lipinski definition) is 1. The first-order valence-corrected chi connectivity index (χ1v) is 12.2. The summed E-state index contributed by atoms with van der Waals surface area (Å²) in [5.41, 5.74) is 6.66. The third kappa shape index (κ3) is 3.95. The van der Waals surface area contributed by atoms with Crippen LogP contribution in [0.4, 0.5) is 0 Å². The van der Waals surface area contributed by atoms with Crippen molar-refractivity contribution in [2.45, 2.75) is 38.4 Å². The lowest BCUT2D eigenvalue weighted by atomic mass is 9.77. The van der Waals surface area contributed by atoms with E-state index >= 15 is 0 Å². The Morgan fingerprint density at radius 2 is 1.74 bits per heavy atom. The molecule has 31 heavy (non-hydrogen) atoms. The van der Waals surface area contributed by atoms with Gasteiger partial charge in [0.05, 0.1) is 13.2 Å². The van der Waals surface area contributed by atoms with Crippen LogP contribution < -0.4 is 5.32 Å². The van der Waals surface area contributed by atoms with E-state index in [4.69, 9.17) is 4.74 Å². The minimum atomic E-state index is 0.596. The largest absolute Gasteiger partial charge is 0.379 e. The Hall–Kier alpha value is -1.72. The lowest BCUT2D eigenvalue weighted by molar-refractivity contribution is 0.0384. The number of hydrogen-bond acceptors (Lipinski definition) is 4. The average molecular weight is 418 g/mol. The van der Waals surface area contributed by atoms with Gasteiger partial charge in [-0.2, -0.15) is 0 Å². The zero-order valence-corrected chi connectivity index (χ0v) is 18.6. The minimum Gasteiger partial charge on any atom is -0.379 e. The summed E-state index contributed by atoms with van der Waals surface area (Å²) in [5.74, 6) is 0.931. The first-order chi connectivity index (χ1) is 15.3. The summed E-state index contributed by atoms with van der Waals surface area (Å²) >= 11 is 0. The maximum absolute atomic E-state index is 5.42. The standard InChI is InChI=1S/C27H35N3O/c1-2-4-24-16-27-17-25(27)20-30(26(27)15-23(24)3-1)19-22-7-5-21(6-8-22)18-28-9-10-29-11-13-31-14-12-29/h1-8,25-26,28H,9-20H2. The molecule has 2 aliphatic carbocycles. The van der Waals surface area contributed by atoms with E-state index in [0.29, 0.717) is 5.41 Å². The van der Waals surface area contributed by atoms with Crippen LogP contribution in [0.3, 0.4) is 0 Å². The number of rotatable bonds is 7. The number of fused-ring (bicyclic) bond motifs is 1. The predicted molar refractivity (Wildman–Crippen MR) is 124 cm³/mol. The van der Waals surface area contributed by atoms with E-state index in [1.807, 2.05) is 0 Å². The van der Waals surface area contributed by atoms with Crippen LogP contribution in [0.15, 0.2) is 48.5 Å². The molecular formula is C27H35N3O. The average Bonchev–Trinajstić information content (AvgIpc) is 3.40. The lowest BCUT2D eigenvalue weighted by Crippen LogP contribution is -2.41. The third-order valence-corrected chi connectivity index (χ3v) is 8.34. The Morgan fingerprint density at radius 1 is 0.968 bits per heavy atom. The van der Waals surface area contributed by atoms with Crippen molar-refractivity contribution in [3.8, 4) is 0 Å². The van der Waals surface area contributed by atoms with E-state index in [1.165, 1.54) is 36.9 Å². The number of likely N-dealkylation sites (tertiary alicyclic amines) is 1. The number of morpholine rings is 1. The number of ether oxygens (including phenoxy) is 1. The normalized spacial score (nSPS) is 29.9. The van der Waals surface area contributed by atoms with Crippen molar-refractivity contribution in [3.05, 3.63) is 70.8 Å². The molecule has 1 saturated carbocycles. The molecule has 164 valence electrons. The molecule has 3 unspecified atom stereocenters. The maximum atomic E-state index is 5.42. The summed E-state index contributed by atoms with van der Waals surface area (Å²) in [4.78, 5) is 5.27. The summed E-state index contributed by atoms with van der Waals surface area (Å²) in [5, 5.41) is 3.61. The molecule has 1 N–H and O–H groups in total. The van der Waals surface area contributed by atoms with Crippen molar-refractivity contribution in [2.75, 3.05) is 45.9 Å². The van der Waals surface area contributed by atoms with E-state index in [9.17, 15) is 0 Å². The number of nitrogens with one attached hydrogen (secondary N) is 1. The molecule has 2 aromatic carbocycles.